The molecule has 1 aromatic rings. The van der Waals surface area contributed by atoms with Gasteiger partial charge in [0.1, 0.15) is 18.5 Å². The number of nitrogens with zero attached hydrogens (tertiary/aromatic N) is 1. The van der Waals surface area contributed by atoms with Crippen LogP contribution in [0.4, 0.5) is 5.69 Å². The summed E-state index contributed by atoms with van der Waals surface area (Å²) in [5.41, 5.74) is 6.31. The van der Waals surface area contributed by atoms with Crippen LogP contribution in [0.15, 0.2) is 24.3 Å². The first-order valence-electron chi connectivity index (χ1n) is 7.70. The number of anilines is 1. The molecular formula is C16H26N2O3. The summed E-state index contributed by atoms with van der Waals surface area (Å²) in [5.74, 6) is 0.706. The molecule has 118 valence electrons. The van der Waals surface area contributed by atoms with Gasteiger partial charge in [-0.1, -0.05) is 12.8 Å². The molecule has 1 fully saturated rings. The highest BCUT2D eigenvalue weighted by molar-refractivity contribution is 5.41. The van der Waals surface area contributed by atoms with Crippen LogP contribution in [0.25, 0.3) is 0 Å². The Morgan fingerprint density at radius 2 is 1.90 bits per heavy atom. The van der Waals surface area contributed by atoms with E-state index in [0.717, 1.165) is 12.8 Å². The summed E-state index contributed by atoms with van der Waals surface area (Å²) in [7, 11) is 0. The third-order valence-corrected chi connectivity index (χ3v) is 4.00. The molecule has 0 amide bonds. The third kappa shape index (κ3) is 5.19. The highest BCUT2D eigenvalue weighted by Gasteiger charge is 2.24. The monoisotopic (exact) mass is 294 g/mol. The molecule has 0 radical (unpaired) electrons. The molecule has 0 spiro atoms. The van der Waals surface area contributed by atoms with E-state index in [0.29, 0.717) is 30.6 Å². The van der Waals surface area contributed by atoms with E-state index in [9.17, 15) is 10.2 Å². The van der Waals surface area contributed by atoms with Gasteiger partial charge in [-0.05, 0) is 37.1 Å². The number of nitrogen functional groups attached to an aromatic ring is 1. The third-order valence-electron chi connectivity index (χ3n) is 4.00. The van der Waals surface area contributed by atoms with E-state index in [1.54, 1.807) is 24.3 Å². The van der Waals surface area contributed by atoms with Crippen LogP contribution in [0.3, 0.4) is 0 Å². The molecule has 1 atom stereocenters. The SMILES string of the molecule is Nc1ccc(OCC(O)CN(CCO)C2CCCC2)cc1. The van der Waals surface area contributed by atoms with Gasteiger partial charge in [0.05, 0.1) is 6.61 Å². The fraction of sp³-hybridized carbons (Fsp3) is 0.625. The van der Waals surface area contributed by atoms with Crippen molar-refractivity contribution in [2.45, 2.75) is 37.8 Å². The van der Waals surface area contributed by atoms with Gasteiger partial charge < -0.3 is 20.7 Å². The maximum Gasteiger partial charge on any atom is 0.119 e. The second-order valence-corrected chi connectivity index (χ2v) is 5.69. The zero-order chi connectivity index (χ0) is 15.1. The fourth-order valence-electron chi connectivity index (χ4n) is 2.90. The number of rotatable bonds is 8. The van der Waals surface area contributed by atoms with Crippen LogP contribution in [0.1, 0.15) is 25.7 Å². The summed E-state index contributed by atoms with van der Waals surface area (Å²) in [6.45, 7) is 1.53. The summed E-state index contributed by atoms with van der Waals surface area (Å²) in [6.07, 6.45) is 4.24. The molecule has 1 saturated carbocycles. The number of benzene rings is 1. The molecule has 0 saturated heterocycles. The summed E-state index contributed by atoms with van der Waals surface area (Å²) >= 11 is 0. The van der Waals surface area contributed by atoms with Crippen LogP contribution in [-0.4, -0.2) is 53.6 Å². The van der Waals surface area contributed by atoms with E-state index in [1.165, 1.54) is 12.8 Å². The van der Waals surface area contributed by atoms with Crippen LogP contribution >= 0.6 is 0 Å². The van der Waals surface area contributed by atoms with Crippen molar-refractivity contribution < 1.29 is 14.9 Å². The summed E-state index contributed by atoms with van der Waals surface area (Å²) in [4.78, 5) is 2.18. The quantitative estimate of drug-likeness (QED) is 0.629. The molecule has 21 heavy (non-hydrogen) atoms. The second-order valence-electron chi connectivity index (χ2n) is 5.69. The lowest BCUT2D eigenvalue weighted by atomic mass is 10.2. The van der Waals surface area contributed by atoms with Crippen molar-refractivity contribution in [3.8, 4) is 5.75 Å². The van der Waals surface area contributed by atoms with Crippen LogP contribution < -0.4 is 10.5 Å². The molecule has 4 N–H and O–H groups in total. The van der Waals surface area contributed by atoms with E-state index in [1.807, 2.05) is 0 Å². The molecule has 1 aromatic carbocycles. The number of aliphatic hydroxyl groups is 2. The average molecular weight is 294 g/mol. The Labute approximate surface area is 126 Å². The Balaban J connectivity index is 1.78. The van der Waals surface area contributed by atoms with Crippen LogP contribution in [0.2, 0.25) is 0 Å². The molecule has 2 rings (SSSR count). The van der Waals surface area contributed by atoms with Gasteiger partial charge in [0.15, 0.2) is 0 Å². The summed E-state index contributed by atoms with van der Waals surface area (Å²) in [5, 5.41) is 19.3. The molecular weight excluding hydrogens is 268 g/mol. The van der Waals surface area contributed by atoms with Gasteiger partial charge in [0.25, 0.3) is 0 Å². The van der Waals surface area contributed by atoms with Gasteiger partial charge in [-0.2, -0.15) is 0 Å². The summed E-state index contributed by atoms with van der Waals surface area (Å²) < 4.78 is 5.57. The Morgan fingerprint density at radius 1 is 1.24 bits per heavy atom. The zero-order valence-corrected chi connectivity index (χ0v) is 12.4. The minimum atomic E-state index is -0.560. The maximum atomic E-state index is 10.1. The van der Waals surface area contributed by atoms with Crippen molar-refractivity contribution in [1.29, 1.82) is 0 Å². The van der Waals surface area contributed by atoms with Crippen molar-refractivity contribution >= 4 is 5.69 Å². The largest absolute Gasteiger partial charge is 0.491 e. The van der Waals surface area contributed by atoms with Crippen molar-refractivity contribution in [1.82, 2.24) is 4.90 Å². The molecule has 1 aliphatic carbocycles. The van der Waals surface area contributed by atoms with Gasteiger partial charge in [-0.15, -0.1) is 0 Å². The average Bonchev–Trinajstić information content (AvgIpc) is 3.00. The van der Waals surface area contributed by atoms with E-state index in [-0.39, 0.29) is 13.2 Å². The first-order valence-corrected chi connectivity index (χ1v) is 7.70. The minimum Gasteiger partial charge on any atom is -0.491 e. The Kier molecular flexibility index (Phi) is 6.29. The lowest BCUT2D eigenvalue weighted by Crippen LogP contribution is -2.42. The van der Waals surface area contributed by atoms with Crippen LogP contribution in [0, 0.1) is 0 Å². The number of ether oxygens (including phenoxy) is 1. The maximum absolute atomic E-state index is 10.1. The molecule has 0 bridgehead atoms. The lowest BCUT2D eigenvalue weighted by Gasteiger charge is -2.30. The predicted molar refractivity (Wildman–Crippen MR) is 83.3 cm³/mol. The van der Waals surface area contributed by atoms with E-state index < -0.39 is 6.10 Å². The fourth-order valence-corrected chi connectivity index (χ4v) is 2.90. The normalized spacial score (nSPS) is 17.3. The van der Waals surface area contributed by atoms with Gasteiger partial charge in [0.2, 0.25) is 0 Å². The highest BCUT2D eigenvalue weighted by atomic mass is 16.5. The number of aliphatic hydroxyl groups excluding tert-OH is 2. The Bertz CT molecular complexity index is 404. The van der Waals surface area contributed by atoms with Crippen molar-refractivity contribution in [2.24, 2.45) is 0 Å². The van der Waals surface area contributed by atoms with E-state index in [2.05, 4.69) is 4.90 Å². The molecule has 0 aromatic heterocycles. The topological polar surface area (TPSA) is 79.0 Å². The Morgan fingerprint density at radius 3 is 2.52 bits per heavy atom. The molecule has 5 nitrogen and oxygen atoms in total. The molecule has 5 heteroatoms. The van der Waals surface area contributed by atoms with E-state index >= 15 is 0 Å². The molecule has 1 aliphatic rings. The number of hydrogen-bond acceptors (Lipinski definition) is 5. The van der Waals surface area contributed by atoms with Crippen molar-refractivity contribution in [3.05, 3.63) is 24.3 Å². The lowest BCUT2D eigenvalue weighted by molar-refractivity contribution is 0.0451. The first kappa shape index (κ1) is 16.1. The molecule has 0 heterocycles. The molecule has 0 aliphatic heterocycles. The second kappa shape index (κ2) is 8.22. The summed E-state index contributed by atoms with van der Waals surface area (Å²) in [6, 6.07) is 7.63. The predicted octanol–water partition coefficient (Wildman–Crippen LogP) is 1.25. The zero-order valence-electron chi connectivity index (χ0n) is 12.4. The number of nitrogens with two attached hydrogens (primary N) is 1. The number of hydrogen-bond donors (Lipinski definition) is 3. The highest BCUT2D eigenvalue weighted by Crippen LogP contribution is 2.23. The standard InChI is InChI=1S/C16H26N2O3/c17-13-5-7-16(8-6-13)21-12-15(20)11-18(9-10-19)14-3-1-2-4-14/h5-8,14-15,19-20H,1-4,9-12,17H2. The van der Waals surface area contributed by atoms with Crippen molar-refractivity contribution in [2.75, 3.05) is 32.0 Å². The Hall–Kier alpha value is -1.30. The molecule has 1 unspecified atom stereocenters. The van der Waals surface area contributed by atoms with Gasteiger partial charge in [0, 0.05) is 24.8 Å². The van der Waals surface area contributed by atoms with Crippen molar-refractivity contribution in [3.63, 3.8) is 0 Å². The van der Waals surface area contributed by atoms with Crippen LogP contribution in [0.5, 0.6) is 5.75 Å². The minimum absolute atomic E-state index is 0.127. The van der Waals surface area contributed by atoms with Crippen LogP contribution in [-0.2, 0) is 0 Å². The first-order chi connectivity index (χ1) is 10.2. The van der Waals surface area contributed by atoms with Gasteiger partial charge in [-0.25, -0.2) is 0 Å². The van der Waals surface area contributed by atoms with E-state index in [4.69, 9.17) is 10.5 Å². The smallest absolute Gasteiger partial charge is 0.119 e. The van der Waals surface area contributed by atoms with Gasteiger partial charge in [-0.3, -0.25) is 4.90 Å². The van der Waals surface area contributed by atoms with Gasteiger partial charge >= 0.3 is 0 Å².